The van der Waals surface area contributed by atoms with Crippen LogP contribution in [-0.4, -0.2) is 27.8 Å². The maximum atomic E-state index is 12.4. The zero-order valence-corrected chi connectivity index (χ0v) is 16.5. The topological polar surface area (TPSA) is 73.2 Å². The van der Waals surface area contributed by atoms with E-state index in [0.29, 0.717) is 10.6 Å². The lowest BCUT2D eigenvalue weighted by Crippen LogP contribution is -2.30. The molecule has 0 saturated heterocycles. The van der Waals surface area contributed by atoms with Crippen molar-refractivity contribution in [3.8, 4) is 0 Å². The van der Waals surface area contributed by atoms with E-state index in [9.17, 15) is 9.59 Å². The normalized spacial score (nSPS) is 15.1. The van der Waals surface area contributed by atoms with Crippen LogP contribution in [0.1, 0.15) is 57.7 Å². The van der Waals surface area contributed by atoms with E-state index in [-0.39, 0.29) is 5.91 Å². The summed E-state index contributed by atoms with van der Waals surface area (Å²) < 4.78 is 7.11. The summed E-state index contributed by atoms with van der Waals surface area (Å²) in [4.78, 5) is 26.7. The number of ether oxygens (including phenoxy) is 1. The van der Waals surface area contributed by atoms with Gasteiger partial charge in [-0.3, -0.25) is 9.48 Å². The zero-order valence-electron chi connectivity index (χ0n) is 15.7. The first-order chi connectivity index (χ1) is 12.4. The first-order valence-electron chi connectivity index (χ1n) is 9.00. The molecule has 0 spiro atoms. The number of hydrogen-bond donors (Lipinski definition) is 1. The molecule has 0 bridgehead atoms. The molecule has 0 unspecified atom stereocenters. The lowest BCUT2D eigenvalue weighted by atomic mass is 10.1. The number of aromatic nitrogens is 2. The number of carbonyl (C=O) groups is 2. The third kappa shape index (κ3) is 3.82. The van der Waals surface area contributed by atoms with Gasteiger partial charge in [0.25, 0.3) is 5.91 Å². The lowest BCUT2D eigenvalue weighted by Gasteiger charge is -2.13. The second-order valence-electron chi connectivity index (χ2n) is 6.83. The fourth-order valence-corrected chi connectivity index (χ4v) is 4.36. The quantitative estimate of drug-likeness (QED) is 0.655. The Hall–Kier alpha value is -2.15. The van der Waals surface area contributed by atoms with Crippen LogP contribution >= 0.6 is 11.3 Å². The summed E-state index contributed by atoms with van der Waals surface area (Å²) in [6.45, 7) is 5.30. The SMILES string of the molecule is Cc1nn(C)c(C)c1NC(=O)[C@H](C)OC(=O)c1cc2c(s1)CCCCC2. The van der Waals surface area contributed by atoms with E-state index in [4.69, 9.17) is 4.74 Å². The fraction of sp³-hybridized carbons (Fsp3) is 0.526. The molecule has 2 heterocycles. The number of rotatable bonds is 4. The Morgan fingerprint density at radius 2 is 2.00 bits per heavy atom. The Labute approximate surface area is 157 Å². The Balaban J connectivity index is 1.64. The highest BCUT2D eigenvalue weighted by molar-refractivity contribution is 7.14. The molecule has 2 aromatic heterocycles. The number of thiophene rings is 1. The molecule has 1 aliphatic carbocycles. The third-order valence-corrected chi connectivity index (χ3v) is 6.08. The number of fused-ring (bicyclic) bond motifs is 1. The van der Waals surface area contributed by atoms with Crippen molar-refractivity contribution >= 4 is 28.9 Å². The molecule has 1 atom stereocenters. The number of nitrogens with zero attached hydrogens (tertiary/aromatic N) is 2. The van der Waals surface area contributed by atoms with Gasteiger partial charge in [0.05, 0.1) is 17.1 Å². The van der Waals surface area contributed by atoms with Crippen LogP contribution in [-0.2, 0) is 29.4 Å². The average Bonchev–Trinajstić information content (AvgIpc) is 3.01. The summed E-state index contributed by atoms with van der Waals surface area (Å²) in [5.74, 6) is -0.777. The number of anilines is 1. The molecule has 7 heteroatoms. The molecule has 3 rings (SSSR count). The van der Waals surface area contributed by atoms with Gasteiger partial charge in [-0.15, -0.1) is 11.3 Å². The molecule has 0 aromatic carbocycles. The average molecular weight is 375 g/mol. The van der Waals surface area contributed by atoms with Crippen molar-refractivity contribution in [2.24, 2.45) is 7.05 Å². The van der Waals surface area contributed by atoms with Gasteiger partial charge in [0.2, 0.25) is 0 Å². The van der Waals surface area contributed by atoms with E-state index in [0.717, 1.165) is 24.2 Å². The van der Waals surface area contributed by atoms with E-state index in [1.807, 2.05) is 27.0 Å². The smallest absolute Gasteiger partial charge is 0.349 e. The minimum absolute atomic E-state index is 0.351. The van der Waals surface area contributed by atoms with E-state index in [1.54, 1.807) is 11.6 Å². The predicted molar refractivity (Wildman–Crippen MR) is 102 cm³/mol. The van der Waals surface area contributed by atoms with Crippen molar-refractivity contribution < 1.29 is 14.3 Å². The van der Waals surface area contributed by atoms with Gasteiger partial charge in [0.1, 0.15) is 4.88 Å². The Bertz CT molecular complexity index is 814. The molecule has 0 saturated carbocycles. The summed E-state index contributed by atoms with van der Waals surface area (Å²) >= 11 is 1.50. The Morgan fingerprint density at radius 3 is 2.69 bits per heavy atom. The van der Waals surface area contributed by atoms with Crippen molar-refractivity contribution in [2.45, 2.75) is 59.0 Å². The van der Waals surface area contributed by atoms with Crippen molar-refractivity contribution in [1.82, 2.24) is 9.78 Å². The minimum atomic E-state index is -0.872. The van der Waals surface area contributed by atoms with Crippen LogP contribution in [0.15, 0.2) is 6.07 Å². The highest BCUT2D eigenvalue weighted by atomic mass is 32.1. The Morgan fingerprint density at radius 1 is 1.27 bits per heavy atom. The van der Waals surface area contributed by atoms with Crippen LogP contribution in [0.25, 0.3) is 0 Å². The zero-order chi connectivity index (χ0) is 18.8. The van der Waals surface area contributed by atoms with Gasteiger partial charge in [-0.1, -0.05) is 6.42 Å². The minimum Gasteiger partial charge on any atom is -0.448 e. The number of aryl methyl sites for hydroxylation is 4. The number of nitrogens with one attached hydrogen (secondary N) is 1. The summed E-state index contributed by atoms with van der Waals surface area (Å²) in [5, 5.41) is 7.09. The lowest BCUT2D eigenvalue weighted by molar-refractivity contribution is -0.123. The molecule has 2 aromatic rings. The molecular weight excluding hydrogens is 350 g/mol. The second kappa shape index (κ2) is 7.61. The maximum Gasteiger partial charge on any atom is 0.349 e. The molecule has 0 fully saturated rings. The molecule has 6 nitrogen and oxygen atoms in total. The van der Waals surface area contributed by atoms with Crippen molar-refractivity contribution in [3.63, 3.8) is 0 Å². The van der Waals surface area contributed by atoms with Gasteiger partial charge >= 0.3 is 5.97 Å². The van der Waals surface area contributed by atoms with Crippen LogP contribution < -0.4 is 5.32 Å². The standard InChI is InChI=1S/C19H25N3O3S/c1-11-17(12(2)22(4)21-11)20-18(23)13(3)25-19(24)16-10-14-8-6-5-7-9-15(14)26-16/h10,13H,5-9H2,1-4H3,(H,20,23)/t13-/m0/s1. The van der Waals surface area contributed by atoms with Crippen LogP contribution in [0.3, 0.4) is 0 Å². The molecule has 1 aliphatic rings. The van der Waals surface area contributed by atoms with Gasteiger partial charge in [-0.2, -0.15) is 5.10 Å². The number of esters is 1. The largest absolute Gasteiger partial charge is 0.448 e. The number of hydrogen-bond acceptors (Lipinski definition) is 5. The molecular formula is C19H25N3O3S. The fourth-order valence-electron chi connectivity index (χ4n) is 3.22. The third-order valence-electron chi connectivity index (χ3n) is 4.86. The first-order valence-corrected chi connectivity index (χ1v) is 9.82. The van der Waals surface area contributed by atoms with E-state index >= 15 is 0 Å². The summed E-state index contributed by atoms with van der Waals surface area (Å²) in [5.41, 5.74) is 3.52. The molecule has 0 radical (unpaired) electrons. The highest BCUT2D eigenvalue weighted by Crippen LogP contribution is 2.29. The molecule has 1 amide bonds. The van der Waals surface area contributed by atoms with Gasteiger partial charge in [0.15, 0.2) is 6.10 Å². The van der Waals surface area contributed by atoms with Crippen molar-refractivity contribution in [2.75, 3.05) is 5.32 Å². The van der Waals surface area contributed by atoms with E-state index < -0.39 is 12.1 Å². The van der Waals surface area contributed by atoms with E-state index in [1.165, 1.54) is 41.0 Å². The highest BCUT2D eigenvalue weighted by Gasteiger charge is 2.23. The molecule has 140 valence electrons. The van der Waals surface area contributed by atoms with Crippen molar-refractivity contribution in [3.05, 3.63) is 32.8 Å². The maximum absolute atomic E-state index is 12.4. The van der Waals surface area contributed by atoms with Crippen LogP contribution in [0.4, 0.5) is 5.69 Å². The van der Waals surface area contributed by atoms with Crippen LogP contribution in [0.2, 0.25) is 0 Å². The van der Waals surface area contributed by atoms with Gasteiger partial charge in [-0.05, 0) is 58.1 Å². The summed E-state index contributed by atoms with van der Waals surface area (Å²) in [7, 11) is 1.82. The van der Waals surface area contributed by atoms with Gasteiger partial charge in [0, 0.05) is 11.9 Å². The van der Waals surface area contributed by atoms with Crippen molar-refractivity contribution in [1.29, 1.82) is 0 Å². The number of amides is 1. The first kappa shape index (κ1) is 18.6. The van der Waals surface area contributed by atoms with Crippen LogP contribution in [0.5, 0.6) is 0 Å². The summed E-state index contributed by atoms with van der Waals surface area (Å²) in [6.07, 6.45) is 4.76. The monoisotopic (exact) mass is 375 g/mol. The second-order valence-corrected chi connectivity index (χ2v) is 7.96. The predicted octanol–water partition coefficient (Wildman–Crippen LogP) is 3.55. The van der Waals surface area contributed by atoms with Crippen LogP contribution in [0, 0.1) is 13.8 Å². The van der Waals surface area contributed by atoms with E-state index in [2.05, 4.69) is 10.4 Å². The summed E-state index contributed by atoms with van der Waals surface area (Å²) in [6, 6.07) is 1.94. The van der Waals surface area contributed by atoms with Gasteiger partial charge < -0.3 is 10.1 Å². The Kier molecular flexibility index (Phi) is 5.46. The molecule has 1 N–H and O–H groups in total. The molecule has 0 aliphatic heterocycles. The number of carbonyl (C=O) groups excluding carboxylic acids is 2. The molecule has 26 heavy (non-hydrogen) atoms. The van der Waals surface area contributed by atoms with Gasteiger partial charge in [-0.25, -0.2) is 4.79 Å².